The highest BCUT2D eigenvalue weighted by atomic mass is 32.2. The van der Waals surface area contributed by atoms with Gasteiger partial charge in [0.2, 0.25) is 0 Å². The summed E-state index contributed by atoms with van der Waals surface area (Å²) >= 11 is 0. The number of hydrogen-bond donors (Lipinski definition) is 0. The molecule has 7 nitrogen and oxygen atoms in total. The molecule has 2 aromatic heterocycles. The molecule has 1 aromatic carbocycles. The summed E-state index contributed by atoms with van der Waals surface area (Å²) in [7, 11) is 0.119. The molecule has 4 rings (SSSR count). The molecule has 27 heavy (non-hydrogen) atoms. The van der Waals surface area contributed by atoms with E-state index < -0.39 is 10.3 Å². The van der Waals surface area contributed by atoms with Gasteiger partial charge in [0.05, 0.1) is 11.9 Å². The molecule has 8 heteroatoms. The highest BCUT2D eigenvalue weighted by Gasteiger charge is 2.27. The molecule has 0 amide bonds. The first kappa shape index (κ1) is 18.0. The molecular formula is C19H22N4O3S. The van der Waals surface area contributed by atoms with Crippen molar-refractivity contribution in [2.45, 2.75) is 0 Å². The number of aromatic nitrogens is 2. The van der Waals surface area contributed by atoms with E-state index in [4.69, 9.17) is 4.18 Å². The molecule has 0 bridgehead atoms. The van der Waals surface area contributed by atoms with Gasteiger partial charge < -0.3 is 13.7 Å². The second-order valence-electron chi connectivity index (χ2n) is 6.80. The number of nitrogens with zero attached hydrogens (tertiary/aromatic N) is 4. The molecule has 0 spiro atoms. The summed E-state index contributed by atoms with van der Waals surface area (Å²) in [6.45, 7) is 2.23. The molecule has 142 valence electrons. The van der Waals surface area contributed by atoms with Crippen LogP contribution in [0.2, 0.25) is 0 Å². The number of pyridine rings is 1. The van der Waals surface area contributed by atoms with Gasteiger partial charge in [-0.15, -0.1) is 0 Å². The first-order valence-electron chi connectivity index (χ1n) is 8.82. The largest absolute Gasteiger partial charge is 0.385 e. The van der Waals surface area contributed by atoms with Gasteiger partial charge in [0.15, 0.2) is 5.75 Å². The quantitative estimate of drug-likeness (QED) is 0.687. The number of piperazine rings is 1. The number of para-hydroxylation sites is 1. The molecular weight excluding hydrogens is 364 g/mol. The maximum atomic E-state index is 12.6. The Labute approximate surface area is 159 Å². The van der Waals surface area contributed by atoms with Crippen molar-refractivity contribution in [2.24, 2.45) is 7.05 Å². The lowest BCUT2D eigenvalue weighted by molar-refractivity contribution is 0.212. The third-order valence-corrected chi connectivity index (χ3v) is 6.34. The number of benzene rings is 1. The normalized spacial score (nSPS) is 16.7. The van der Waals surface area contributed by atoms with Crippen molar-refractivity contribution >= 4 is 21.2 Å². The van der Waals surface area contributed by atoms with Crippen molar-refractivity contribution in [2.75, 3.05) is 33.2 Å². The smallest absolute Gasteiger partial charge is 0.369 e. The van der Waals surface area contributed by atoms with E-state index in [9.17, 15) is 8.42 Å². The maximum Gasteiger partial charge on any atom is 0.385 e. The standard InChI is InChI=1S/C19H22N4O3S/c1-21-7-9-23(10-8-21)27(24,25)26-17-11-16(13-20-14-17)19-12-15-5-3-4-6-18(15)22(19)2/h3-6,11-14H,7-10H2,1-2H3. The zero-order chi connectivity index (χ0) is 19.0. The molecule has 0 atom stereocenters. The Morgan fingerprint density at radius 1 is 1.00 bits per heavy atom. The fourth-order valence-electron chi connectivity index (χ4n) is 3.36. The first-order chi connectivity index (χ1) is 12.9. The van der Waals surface area contributed by atoms with E-state index in [0.29, 0.717) is 26.2 Å². The predicted molar refractivity (Wildman–Crippen MR) is 105 cm³/mol. The van der Waals surface area contributed by atoms with Gasteiger partial charge in [0.1, 0.15) is 0 Å². The second-order valence-corrected chi connectivity index (χ2v) is 8.34. The van der Waals surface area contributed by atoms with Crippen molar-refractivity contribution in [3.8, 4) is 17.0 Å². The Balaban J connectivity index is 1.61. The average molecular weight is 386 g/mol. The van der Waals surface area contributed by atoms with E-state index in [0.717, 1.165) is 22.2 Å². The van der Waals surface area contributed by atoms with Gasteiger partial charge in [0.25, 0.3) is 0 Å². The van der Waals surface area contributed by atoms with Gasteiger partial charge in [-0.3, -0.25) is 4.98 Å². The van der Waals surface area contributed by atoms with Crippen LogP contribution in [0, 0.1) is 0 Å². The van der Waals surface area contributed by atoms with Crippen LogP contribution in [0.15, 0.2) is 48.8 Å². The SMILES string of the molecule is CN1CCN(S(=O)(=O)Oc2cncc(-c3cc4ccccc4n3C)c2)CC1. The van der Waals surface area contributed by atoms with Crippen LogP contribution >= 0.6 is 0 Å². The molecule has 1 aliphatic rings. The molecule has 1 aliphatic heterocycles. The minimum absolute atomic E-state index is 0.219. The summed E-state index contributed by atoms with van der Waals surface area (Å²) in [6, 6.07) is 11.9. The molecule has 1 fully saturated rings. The molecule has 3 aromatic rings. The lowest BCUT2D eigenvalue weighted by atomic mass is 10.2. The zero-order valence-electron chi connectivity index (χ0n) is 15.4. The summed E-state index contributed by atoms with van der Waals surface area (Å²) in [6.07, 6.45) is 3.14. The fourth-order valence-corrected chi connectivity index (χ4v) is 4.41. The summed E-state index contributed by atoms with van der Waals surface area (Å²) < 4.78 is 33.9. The monoisotopic (exact) mass is 386 g/mol. The summed E-state index contributed by atoms with van der Waals surface area (Å²) in [5.41, 5.74) is 2.86. The van der Waals surface area contributed by atoms with Crippen molar-refractivity contribution in [1.29, 1.82) is 0 Å². The summed E-state index contributed by atoms with van der Waals surface area (Å²) in [5.74, 6) is 0.219. The van der Waals surface area contributed by atoms with Gasteiger partial charge >= 0.3 is 10.3 Å². The number of aryl methyl sites for hydroxylation is 1. The van der Waals surface area contributed by atoms with E-state index in [-0.39, 0.29) is 5.75 Å². The van der Waals surface area contributed by atoms with Crippen LogP contribution < -0.4 is 4.18 Å². The number of rotatable bonds is 4. The van der Waals surface area contributed by atoms with Gasteiger partial charge in [0, 0.05) is 55.9 Å². The topological polar surface area (TPSA) is 67.7 Å². The molecule has 0 radical (unpaired) electrons. The lowest BCUT2D eigenvalue weighted by Crippen LogP contribution is -2.48. The van der Waals surface area contributed by atoms with Crippen LogP contribution in [0.25, 0.3) is 22.2 Å². The summed E-state index contributed by atoms with van der Waals surface area (Å²) in [5, 5.41) is 1.12. The average Bonchev–Trinajstić information content (AvgIpc) is 2.99. The predicted octanol–water partition coefficient (Wildman–Crippen LogP) is 2.11. The van der Waals surface area contributed by atoms with Crippen LogP contribution in [0.3, 0.4) is 0 Å². The van der Waals surface area contributed by atoms with E-state index in [1.54, 1.807) is 12.3 Å². The van der Waals surface area contributed by atoms with Crippen LogP contribution in [0.1, 0.15) is 0 Å². The van der Waals surface area contributed by atoms with Crippen LogP contribution in [0.5, 0.6) is 5.75 Å². The Bertz CT molecular complexity index is 1070. The number of hydrogen-bond acceptors (Lipinski definition) is 5. The van der Waals surface area contributed by atoms with E-state index in [1.165, 1.54) is 10.5 Å². The molecule has 0 unspecified atom stereocenters. The van der Waals surface area contributed by atoms with Gasteiger partial charge in [-0.05, 0) is 25.2 Å². The minimum Gasteiger partial charge on any atom is -0.369 e. The Kier molecular flexibility index (Phi) is 4.63. The number of fused-ring (bicyclic) bond motifs is 1. The molecule has 0 saturated carbocycles. The molecule has 1 saturated heterocycles. The van der Waals surface area contributed by atoms with Gasteiger partial charge in [-0.2, -0.15) is 12.7 Å². The van der Waals surface area contributed by atoms with Crippen LogP contribution in [-0.2, 0) is 17.4 Å². The van der Waals surface area contributed by atoms with Crippen molar-refractivity contribution in [3.63, 3.8) is 0 Å². The van der Waals surface area contributed by atoms with Crippen LogP contribution in [-0.4, -0.2) is 60.4 Å². The summed E-state index contributed by atoms with van der Waals surface area (Å²) in [4.78, 5) is 6.28. The van der Waals surface area contributed by atoms with Gasteiger partial charge in [-0.25, -0.2) is 0 Å². The first-order valence-corrected chi connectivity index (χ1v) is 10.2. The van der Waals surface area contributed by atoms with Gasteiger partial charge in [-0.1, -0.05) is 18.2 Å². The minimum atomic E-state index is -3.83. The molecule has 0 N–H and O–H groups in total. The van der Waals surface area contributed by atoms with Crippen molar-refractivity contribution in [1.82, 2.24) is 18.8 Å². The maximum absolute atomic E-state index is 12.6. The second kappa shape index (κ2) is 6.95. The zero-order valence-corrected chi connectivity index (χ0v) is 16.2. The fraction of sp³-hybridized carbons (Fsp3) is 0.316. The van der Waals surface area contributed by atoms with Crippen LogP contribution in [0.4, 0.5) is 0 Å². The third kappa shape index (κ3) is 3.55. The van der Waals surface area contributed by atoms with E-state index in [2.05, 4.69) is 20.5 Å². The Morgan fingerprint density at radius 3 is 2.48 bits per heavy atom. The Hall–Kier alpha value is -2.42. The molecule has 0 aliphatic carbocycles. The highest BCUT2D eigenvalue weighted by molar-refractivity contribution is 7.84. The lowest BCUT2D eigenvalue weighted by Gasteiger charge is -2.30. The molecule has 3 heterocycles. The Morgan fingerprint density at radius 2 is 1.74 bits per heavy atom. The number of likely N-dealkylation sites (N-methyl/N-ethyl adjacent to an activating group) is 1. The van der Waals surface area contributed by atoms with E-state index in [1.807, 2.05) is 38.4 Å². The van der Waals surface area contributed by atoms with E-state index >= 15 is 0 Å². The highest BCUT2D eigenvalue weighted by Crippen LogP contribution is 2.29. The third-order valence-electron chi connectivity index (χ3n) is 4.94. The van der Waals surface area contributed by atoms with Crippen molar-refractivity contribution in [3.05, 3.63) is 48.8 Å². The van der Waals surface area contributed by atoms with Crippen molar-refractivity contribution < 1.29 is 12.6 Å².